The van der Waals surface area contributed by atoms with Gasteiger partial charge in [0.15, 0.2) is 0 Å². The standard InChI is InChI=1S/C29H22N2/c1-4-12-23(13-5-1)22-29(27-20-21-30-28-19-11-10-18-26(27)28)31(24-14-6-2-7-15-24)25-16-8-3-9-17-25/h1-22H. The lowest BCUT2D eigenvalue weighted by atomic mass is 10.0. The number of para-hydroxylation sites is 3. The highest BCUT2D eigenvalue weighted by Gasteiger charge is 2.18. The molecular weight excluding hydrogens is 376 g/mol. The molecule has 0 unspecified atom stereocenters. The summed E-state index contributed by atoms with van der Waals surface area (Å²) in [6, 6.07) is 41.9. The number of benzene rings is 4. The van der Waals surface area contributed by atoms with Gasteiger partial charge in [-0.1, -0.05) is 84.9 Å². The largest absolute Gasteiger partial charge is 0.310 e. The van der Waals surface area contributed by atoms with Crippen LogP contribution in [-0.2, 0) is 0 Å². The van der Waals surface area contributed by atoms with E-state index in [9.17, 15) is 0 Å². The first kappa shape index (κ1) is 18.8. The van der Waals surface area contributed by atoms with E-state index >= 15 is 0 Å². The second-order valence-electron chi connectivity index (χ2n) is 7.32. The van der Waals surface area contributed by atoms with Crippen LogP contribution in [0.25, 0.3) is 22.7 Å². The SMILES string of the molecule is C(=C(c1ccnc2ccccc12)N(c1ccccc1)c1ccccc1)c1ccccc1. The summed E-state index contributed by atoms with van der Waals surface area (Å²) in [5.41, 5.74) is 6.59. The number of fused-ring (bicyclic) bond motifs is 1. The van der Waals surface area contributed by atoms with Crippen LogP contribution in [0.4, 0.5) is 11.4 Å². The van der Waals surface area contributed by atoms with E-state index in [2.05, 4.69) is 125 Å². The maximum atomic E-state index is 4.59. The Balaban J connectivity index is 1.81. The second kappa shape index (κ2) is 8.68. The quantitative estimate of drug-likeness (QED) is 0.303. The van der Waals surface area contributed by atoms with Gasteiger partial charge in [0, 0.05) is 28.5 Å². The van der Waals surface area contributed by atoms with Crippen LogP contribution < -0.4 is 4.90 Å². The summed E-state index contributed by atoms with van der Waals surface area (Å²) < 4.78 is 0. The lowest BCUT2D eigenvalue weighted by Crippen LogP contribution is -2.15. The van der Waals surface area contributed by atoms with Crippen molar-refractivity contribution in [2.75, 3.05) is 4.90 Å². The molecule has 5 aromatic rings. The maximum Gasteiger partial charge on any atom is 0.0708 e. The molecule has 1 heterocycles. The third kappa shape index (κ3) is 3.96. The van der Waals surface area contributed by atoms with Crippen LogP contribution in [0, 0.1) is 0 Å². The summed E-state index contributed by atoms with van der Waals surface area (Å²) in [4.78, 5) is 6.90. The van der Waals surface area contributed by atoms with Crippen molar-refractivity contribution in [1.29, 1.82) is 0 Å². The summed E-state index contributed by atoms with van der Waals surface area (Å²) in [7, 11) is 0. The Labute approximate surface area is 182 Å². The smallest absolute Gasteiger partial charge is 0.0708 e. The molecule has 2 nitrogen and oxygen atoms in total. The predicted molar refractivity (Wildman–Crippen MR) is 131 cm³/mol. The molecule has 0 aliphatic carbocycles. The van der Waals surface area contributed by atoms with Crippen LogP contribution in [0.3, 0.4) is 0 Å². The zero-order chi connectivity index (χ0) is 20.9. The van der Waals surface area contributed by atoms with Gasteiger partial charge in [-0.3, -0.25) is 4.98 Å². The van der Waals surface area contributed by atoms with Gasteiger partial charge in [-0.05, 0) is 48.0 Å². The minimum atomic E-state index is 0.986. The van der Waals surface area contributed by atoms with E-state index in [-0.39, 0.29) is 0 Å². The molecule has 0 saturated heterocycles. The van der Waals surface area contributed by atoms with Crippen LogP contribution in [0.5, 0.6) is 0 Å². The van der Waals surface area contributed by atoms with E-state index in [0.717, 1.165) is 39.1 Å². The summed E-state index contributed by atoms with van der Waals surface area (Å²) in [5, 5.41) is 1.13. The van der Waals surface area contributed by atoms with Gasteiger partial charge in [0.25, 0.3) is 0 Å². The third-order valence-corrected chi connectivity index (χ3v) is 5.30. The highest BCUT2D eigenvalue weighted by Crippen LogP contribution is 2.37. The first-order chi connectivity index (χ1) is 15.4. The molecule has 148 valence electrons. The number of hydrogen-bond acceptors (Lipinski definition) is 2. The molecule has 0 aliphatic heterocycles. The number of hydrogen-bond donors (Lipinski definition) is 0. The Hall–Kier alpha value is -4.17. The van der Waals surface area contributed by atoms with Crippen molar-refractivity contribution in [3.63, 3.8) is 0 Å². The number of aromatic nitrogens is 1. The number of nitrogens with zero attached hydrogens (tertiary/aromatic N) is 2. The Morgan fingerprint density at radius 3 is 1.77 bits per heavy atom. The Morgan fingerprint density at radius 2 is 1.13 bits per heavy atom. The number of pyridine rings is 1. The zero-order valence-corrected chi connectivity index (χ0v) is 17.1. The van der Waals surface area contributed by atoms with Crippen LogP contribution in [0.1, 0.15) is 11.1 Å². The molecule has 31 heavy (non-hydrogen) atoms. The van der Waals surface area contributed by atoms with E-state index in [0.29, 0.717) is 0 Å². The van der Waals surface area contributed by atoms with Crippen LogP contribution in [0.2, 0.25) is 0 Å². The van der Waals surface area contributed by atoms with E-state index in [1.807, 2.05) is 18.3 Å². The van der Waals surface area contributed by atoms with Crippen molar-refractivity contribution in [3.05, 3.63) is 139 Å². The monoisotopic (exact) mass is 398 g/mol. The van der Waals surface area contributed by atoms with E-state index < -0.39 is 0 Å². The summed E-state index contributed by atoms with van der Waals surface area (Å²) in [6.45, 7) is 0. The summed E-state index contributed by atoms with van der Waals surface area (Å²) in [6.07, 6.45) is 4.15. The first-order valence-corrected chi connectivity index (χ1v) is 10.4. The number of rotatable bonds is 5. The van der Waals surface area contributed by atoms with Crippen LogP contribution in [-0.4, -0.2) is 4.98 Å². The molecule has 1 aromatic heterocycles. The highest BCUT2D eigenvalue weighted by molar-refractivity contribution is 6.03. The topological polar surface area (TPSA) is 16.1 Å². The van der Waals surface area contributed by atoms with Crippen molar-refractivity contribution in [2.24, 2.45) is 0 Å². The van der Waals surface area contributed by atoms with Gasteiger partial charge >= 0.3 is 0 Å². The minimum absolute atomic E-state index is 0.986. The normalized spacial score (nSPS) is 11.4. The summed E-state index contributed by atoms with van der Waals surface area (Å²) in [5.74, 6) is 0. The molecular formula is C29H22N2. The Kier molecular flexibility index (Phi) is 5.27. The Bertz CT molecular complexity index is 1270. The molecule has 0 atom stereocenters. The molecule has 0 N–H and O–H groups in total. The van der Waals surface area contributed by atoms with Gasteiger partial charge in [0.1, 0.15) is 0 Å². The third-order valence-electron chi connectivity index (χ3n) is 5.30. The van der Waals surface area contributed by atoms with E-state index in [1.54, 1.807) is 0 Å². The fourth-order valence-corrected chi connectivity index (χ4v) is 3.87. The van der Waals surface area contributed by atoms with Gasteiger partial charge in [-0.2, -0.15) is 0 Å². The molecule has 0 amide bonds. The van der Waals surface area contributed by atoms with Gasteiger partial charge in [-0.25, -0.2) is 0 Å². The molecule has 0 radical (unpaired) electrons. The summed E-state index contributed by atoms with van der Waals surface area (Å²) >= 11 is 0. The molecule has 4 aromatic carbocycles. The average molecular weight is 399 g/mol. The zero-order valence-electron chi connectivity index (χ0n) is 17.1. The van der Waals surface area contributed by atoms with Crippen LogP contribution in [0.15, 0.2) is 128 Å². The predicted octanol–water partition coefficient (Wildman–Crippen LogP) is 7.57. The lowest BCUT2D eigenvalue weighted by molar-refractivity contribution is 1.29. The fourth-order valence-electron chi connectivity index (χ4n) is 3.87. The molecule has 0 aliphatic rings. The molecule has 2 heteroatoms. The van der Waals surface area contributed by atoms with Crippen molar-refractivity contribution in [3.8, 4) is 0 Å². The second-order valence-corrected chi connectivity index (χ2v) is 7.32. The van der Waals surface area contributed by atoms with Crippen molar-refractivity contribution in [1.82, 2.24) is 4.98 Å². The van der Waals surface area contributed by atoms with Gasteiger partial charge in [-0.15, -0.1) is 0 Å². The number of anilines is 2. The molecule has 5 rings (SSSR count). The van der Waals surface area contributed by atoms with Gasteiger partial charge < -0.3 is 4.90 Å². The molecule has 0 spiro atoms. The van der Waals surface area contributed by atoms with Crippen molar-refractivity contribution < 1.29 is 0 Å². The Morgan fingerprint density at radius 1 is 0.581 bits per heavy atom. The van der Waals surface area contributed by atoms with Crippen LogP contribution >= 0.6 is 0 Å². The fraction of sp³-hybridized carbons (Fsp3) is 0. The highest BCUT2D eigenvalue weighted by atomic mass is 15.1. The van der Waals surface area contributed by atoms with Crippen molar-refractivity contribution in [2.45, 2.75) is 0 Å². The molecule has 0 bridgehead atoms. The van der Waals surface area contributed by atoms with Gasteiger partial charge in [0.2, 0.25) is 0 Å². The average Bonchev–Trinajstić information content (AvgIpc) is 2.85. The minimum Gasteiger partial charge on any atom is -0.310 e. The maximum absolute atomic E-state index is 4.59. The van der Waals surface area contributed by atoms with Gasteiger partial charge in [0.05, 0.1) is 11.2 Å². The molecule has 0 fully saturated rings. The van der Waals surface area contributed by atoms with E-state index in [4.69, 9.17) is 0 Å². The lowest BCUT2D eigenvalue weighted by Gasteiger charge is -2.29. The first-order valence-electron chi connectivity index (χ1n) is 10.4. The van der Waals surface area contributed by atoms with E-state index in [1.165, 1.54) is 0 Å². The molecule has 0 saturated carbocycles. The van der Waals surface area contributed by atoms with Crippen molar-refractivity contribution >= 4 is 34.1 Å².